The molecule has 0 radical (unpaired) electrons. The number of nitrogens with one attached hydrogen (secondary N) is 1. The van der Waals surface area contributed by atoms with Gasteiger partial charge >= 0.3 is 0 Å². The van der Waals surface area contributed by atoms with Gasteiger partial charge in [0.15, 0.2) is 0 Å². The molecule has 0 amide bonds. The summed E-state index contributed by atoms with van der Waals surface area (Å²) in [7, 11) is 0. The fraction of sp³-hybridized carbons (Fsp3) is 0.471. The summed E-state index contributed by atoms with van der Waals surface area (Å²) in [6.45, 7) is 6.92. The highest BCUT2D eigenvalue weighted by Gasteiger charge is 2.11. The molecule has 0 fully saturated rings. The molecule has 0 saturated heterocycles. The van der Waals surface area contributed by atoms with E-state index in [4.69, 9.17) is 4.74 Å². The van der Waals surface area contributed by atoms with Crippen LogP contribution in [0, 0.1) is 0 Å². The normalized spacial score (nSPS) is 13.5. The summed E-state index contributed by atoms with van der Waals surface area (Å²) in [6, 6.07) is 7.04. The molecule has 112 valence electrons. The SMILES string of the molecule is CC(C)NCc1cn(CCc2ccc3c(c2)CCO3)cn1. The third kappa shape index (κ3) is 3.64. The molecule has 0 spiro atoms. The molecule has 1 aliphatic rings. The van der Waals surface area contributed by atoms with Crippen molar-refractivity contribution < 1.29 is 4.74 Å². The Bertz CT molecular complexity index is 604. The standard InChI is InChI=1S/C17H23N3O/c1-13(2)18-10-16-11-20(12-19-16)7-5-14-3-4-17-15(9-14)6-8-21-17/h3-4,9,11-13,18H,5-8,10H2,1-2H3. The molecule has 0 saturated carbocycles. The lowest BCUT2D eigenvalue weighted by Gasteiger charge is -2.06. The summed E-state index contributed by atoms with van der Waals surface area (Å²) >= 11 is 0. The lowest BCUT2D eigenvalue weighted by molar-refractivity contribution is 0.357. The van der Waals surface area contributed by atoms with Crippen LogP contribution in [0.3, 0.4) is 0 Å². The molecule has 4 heteroatoms. The quantitative estimate of drug-likeness (QED) is 0.886. The maximum absolute atomic E-state index is 5.54. The minimum Gasteiger partial charge on any atom is -0.493 e. The first-order valence-electron chi connectivity index (χ1n) is 7.69. The van der Waals surface area contributed by atoms with Gasteiger partial charge in [0.1, 0.15) is 5.75 Å². The van der Waals surface area contributed by atoms with Crippen LogP contribution in [-0.4, -0.2) is 22.2 Å². The second kappa shape index (κ2) is 6.31. The van der Waals surface area contributed by atoms with Gasteiger partial charge in [-0.1, -0.05) is 26.0 Å². The molecular formula is C17H23N3O. The van der Waals surface area contributed by atoms with Gasteiger partial charge in [0, 0.05) is 31.7 Å². The van der Waals surface area contributed by atoms with Gasteiger partial charge in [-0.15, -0.1) is 0 Å². The van der Waals surface area contributed by atoms with Gasteiger partial charge in [-0.2, -0.15) is 0 Å². The van der Waals surface area contributed by atoms with E-state index in [1.54, 1.807) is 0 Å². The second-order valence-corrected chi connectivity index (χ2v) is 5.93. The van der Waals surface area contributed by atoms with Gasteiger partial charge in [-0.05, 0) is 23.6 Å². The Hall–Kier alpha value is -1.81. The number of fused-ring (bicyclic) bond motifs is 1. The molecule has 4 nitrogen and oxygen atoms in total. The number of rotatable bonds is 6. The van der Waals surface area contributed by atoms with Crippen LogP contribution in [-0.2, 0) is 25.9 Å². The molecule has 1 aliphatic heterocycles. The van der Waals surface area contributed by atoms with E-state index < -0.39 is 0 Å². The van der Waals surface area contributed by atoms with Gasteiger partial charge < -0.3 is 14.6 Å². The van der Waals surface area contributed by atoms with E-state index >= 15 is 0 Å². The topological polar surface area (TPSA) is 39.1 Å². The van der Waals surface area contributed by atoms with Crippen molar-refractivity contribution in [2.75, 3.05) is 6.61 Å². The molecule has 1 aromatic carbocycles. The highest BCUT2D eigenvalue weighted by molar-refractivity contribution is 5.39. The monoisotopic (exact) mass is 285 g/mol. The predicted octanol–water partition coefficient (Wildman–Crippen LogP) is 2.56. The Morgan fingerprint density at radius 2 is 2.29 bits per heavy atom. The van der Waals surface area contributed by atoms with E-state index in [-0.39, 0.29) is 0 Å². The molecular weight excluding hydrogens is 262 g/mol. The molecule has 2 aromatic rings. The number of nitrogens with zero attached hydrogens (tertiary/aromatic N) is 2. The zero-order valence-electron chi connectivity index (χ0n) is 12.8. The van der Waals surface area contributed by atoms with Crippen molar-refractivity contribution in [3.8, 4) is 5.75 Å². The van der Waals surface area contributed by atoms with E-state index in [1.165, 1.54) is 11.1 Å². The largest absolute Gasteiger partial charge is 0.493 e. The highest BCUT2D eigenvalue weighted by atomic mass is 16.5. The summed E-state index contributed by atoms with van der Waals surface area (Å²) in [4.78, 5) is 4.44. The van der Waals surface area contributed by atoms with Crippen LogP contribution in [0.15, 0.2) is 30.7 Å². The number of aryl methyl sites for hydroxylation is 2. The van der Waals surface area contributed by atoms with Gasteiger partial charge in [0.05, 0.1) is 18.6 Å². The van der Waals surface area contributed by atoms with Crippen molar-refractivity contribution in [1.82, 2.24) is 14.9 Å². The van der Waals surface area contributed by atoms with Crippen LogP contribution in [0.25, 0.3) is 0 Å². The smallest absolute Gasteiger partial charge is 0.122 e. The lowest BCUT2D eigenvalue weighted by atomic mass is 10.1. The van der Waals surface area contributed by atoms with E-state index in [1.807, 2.05) is 6.33 Å². The first-order chi connectivity index (χ1) is 10.2. The minimum atomic E-state index is 0.490. The Balaban J connectivity index is 1.55. The fourth-order valence-corrected chi connectivity index (χ4v) is 2.58. The maximum atomic E-state index is 5.54. The first kappa shape index (κ1) is 14.1. The van der Waals surface area contributed by atoms with Gasteiger partial charge in [0.2, 0.25) is 0 Å². The number of imidazole rings is 1. The van der Waals surface area contributed by atoms with Crippen LogP contribution in [0.1, 0.15) is 30.7 Å². The van der Waals surface area contributed by atoms with Crippen LogP contribution < -0.4 is 10.1 Å². The summed E-state index contributed by atoms with van der Waals surface area (Å²) < 4.78 is 7.71. The molecule has 0 bridgehead atoms. The van der Waals surface area contributed by atoms with E-state index in [2.05, 4.69) is 53.1 Å². The number of aromatic nitrogens is 2. The van der Waals surface area contributed by atoms with Crippen LogP contribution >= 0.6 is 0 Å². The van der Waals surface area contributed by atoms with Crippen LogP contribution in [0.4, 0.5) is 0 Å². The molecule has 0 atom stereocenters. The van der Waals surface area contributed by atoms with Crippen molar-refractivity contribution in [3.05, 3.63) is 47.5 Å². The zero-order valence-corrected chi connectivity index (χ0v) is 12.8. The maximum Gasteiger partial charge on any atom is 0.122 e. The molecule has 21 heavy (non-hydrogen) atoms. The van der Waals surface area contributed by atoms with E-state index in [0.717, 1.165) is 44.0 Å². The van der Waals surface area contributed by atoms with E-state index in [9.17, 15) is 0 Å². The average Bonchev–Trinajstić information content (AvgIpc) is 3.11. The van der Waals surface area contributed by atoms with Crippen molar-refractivity contribution in [2.45, 2.75) is 45.8 Å². The number of benzene rings is 1. The van der Waals surface area contributed by atoms with Gasteiger partial charge in [-0.25, -0.2) is 4.98 Å². The molecule has 2 heterocycles. The first-order valence-corrected chi connectivity index (χ1v) is 7.69. The van der Waals surface area contributed by atoms with Gasteiger partial charge in [0.25, 0.3) is 0 Å². The van der Waals surface area contributed by atoms with Gasteiger partial charge in [-0.3, -0.25) is 0 Å². The Morgan fingerprint density at radius 1 is 1.38 bits per heavy atom. The molecule has 0 aliphatic carbocycles. The Labute approximate surface area is 126 Å². The highest BCUT2D eigenvalue weighted by Crippen LogP contribution is 2.26. The van der Waals surface area contributed by atoms with Crippen molar-refractivity contribution >= 4 is 0 Å². The summed E-state index contributed by atoms with van der Waals surface area (Å²) in [5.74, 6) is 1.06. The fourth-order valence-electron chi connectivity index (χ4n) is 2.58. The minimum absolute atomic E-state index is 0.490. The number of ether oxygens (including phenoxy) is 1. The molecule has 1 aromatic heterocycles. The van der Waals surface area contributed by atoms with Crippen LogP contribution in [0.5, 0.6) is 5.75 Å². The van der Waals surface area contributed by atoms with Crippen molar-refractivity contribution in [1.29, 1.82) is 0 Å². The van der Waals surface area contributed by atoms with Crippen molar-refractivity contribution in [2.24, 2.45) is 0 Å². The predicted molar refractivity (Wildman–Crippen MR) is 83.5 cm³/mol. The summed E-state index contributed by atoms with van der Waals surface area (Å²) in [5, 5.41) is 3.39. The summed E-state index contributed by atoms with van der Waals surface area (Å²) in [5.41, 5.74) is 3.82. The Morgan fingerprint density at radius 3 is 3.14 bits per heavy atom. The van der Waals surface area contributed by atoms with Crippen LogP contribution in [0.2, 0.25) is 0 Å². The number of hydrogen-bond acceptors (Lipinski definition) is 3. The average molecular weight is 285 g/mol. The number of hydrogen-bond donors (Lipinski definition) is 1. The molecule has 0 unspecified atom stereocenters. The molecule has 3 rings (SSSR count). The second-order valence-electron chi connectivity index (χ2n) is 5.93. The van der Waals surface area contributed by atoms with Crippen molar-refractivity contribution in [3.63, 3.8) is 0 Å². The third-order valence-electron chi connectivity index (χ3n) is 3.79. The zero-order chi connectivity index (χ0) is 14.7. The Kier molecular flexibility index (Phi) is 4.25. The van der Waals surface area contributed by atoms with E-state index in [0.29, 0.717) is 6.04 Å². The summed E-state index contributed by atoms with van der Waals surface area (Å²) in [6.07, 6.45) is 6.12. The lowest BCUT2D eigenvalue weighted by Crippen LogP contribution is -2.21. The molecule has 1 N–H and O–H groups in total. The third-order valence-corrected chi connectivity index (χ3v) is 3.79.